The van der Waals surface area contributed by atoms with Gasteiger partial charge in [-0.3, -0.25) is 0 Å². The van der Waals surface area contributed by atoms with E-state index in [0.717, 1.165) is 0 Å². The Balaban J connectivity index is 2.52. The van der Waals surface area contributed by atoms with Crippen LogP contribution in [0.3, 0.4) is 0 Å². The molecule has 0 aliphatic carbocycles. The number of methoxy groups -OCH3 is 1. The summed E-state index contributed by atoms with van der Waals surface area (Å²) in [5.41, 5.74) is 6.24. The number of ether oxygens (including phenoxy) is 1. The highest BCUT2D eigenvalue weighted by atomic mass is 35.5. The second-order valence-corrected chi connectivity index (χ2v) is 7.92. The Kier molecular flexibility index (Phi) is 4.82. The summed E-state index contributed by atoms with van der Waals surface area (Å²) in [4.78, 5) is 0.0965. The summed E-state index contributed by atoms with van der Waals surface area (Å²) in [6.45, 7) is 5.30. The summed E-state index contributed by atoms with van der Waals surface area (Å²) >= 11 is 6.03. The summed E-state index contributed by atoms with van der Waals surface area (Å²) in [7, 11) is -2.19. The van der Waals surface area contributed by atoms with Gasteiger partial charge in [-0.05, 0) is 24.0 Å². The SMILES string of the molecule is COc1c(CN)cc(Cl)cc1S(=O)(=O)N1CC(C)C(C)C1. The number of nitrogens with two attached hydrogens (primary N) is 1. The Morgan fingerprint density at radius 3 is 2.38 bits per heavy atom. The number of hydrogen-bond acceptors (Lipinski definition) is 4. The zero-order valence-corrected chi connectivity index (χ0v) is 14.0. The molecule has 1 fully saturated rings. The molecule has 118 valence electrons. The molecule has 0 spiro atoms. The van der Waals surface area contributed by atoms with Crippen molar-refractivity contribution in [3.63, 3.8) is 0 Å². The van der Waals surface area contributed by atoms with Crippen LogP contribution >= 0.6 is 11.6 Å². The minimum absolute atomic E-state index is 0.0965. The molecule has 1 saturated heterocycles. The van der Waals surface area contributed by atoms with Crippen LogP contribution < -0.4 is 10.5 Å². The number of benzene rings is 1. The highest BCUT2D eigenvalue weighted by Crippen LogP contribution is 2.36. The second kappa shape index (κ2) is 6.12. The first-order chi connectivity index (χ1) is 9.81. The highest BCUT2D eigenvalue weighted by molar-refractivity contribution is 7.89. The lowest BCUT2D eigenvalue weighted by Crippen LogP contribution is -2.29. The fraction of sp³-hybridized carbons (Fsp3) is 0.571. The minimum atomic E-state index is -3.63. The Bertz CT molecular complexity index is 623. The highest BCUT2D eigenvalue weighted by Gasteiger charge is 2.37. The van der Waals surface area contributed by atoms with Crippen LogP contribution in [-0.4, -0.2) is 32.9 Å². The Morgan fingerprint density at radius 1 is 1.33 bits per heavy atom. The molecule has 7 heteroatoms. The van der Waals surface area contributed by atoms with Gasteiger partial charge in [-0.1, -0.05) is 25.4 Å². The summed E-state index contributed by atoms with van der Waals surface area (Å²) in [6.07, 6.45) is 0. The fourth-order valence-corrected chi connectivity index (χ4v) is 4.78. The van der Waals surface area contributed by atoms with Crippen molar-refractivity contribution in [2.75, 3.05) is 20.2 Å². The molecule has 5 nitrogen and oxygen atoms in total. The van der Waals surface area contributed by atoms with Gasteiger partial charge in [0.2, 0.25) is 10.0 Å². The smallest absolute Gasteiger partial charge is 0.246 e. The zero-order valence-electron chi connectivity index (χ0n) is 12.5. The number of nitrogens with zero attached hydrogens (tertiary/aromatic N) is 1. The molecule has 2 rings (SSSR count). The zero-order chi connectivity index (χ0) is 15.8. The lowest BCUT2D eigenvalue weighted by molar-refractivity contribution is 0.392. The van der Waals surface area contributed by atoms with Gasteiger partial charge in [-0.2, -0.15) is 4.31 Å². The molecular formula is C14H21ClN2O3S. The Morgan fingerprint density at radius 2 is 1.90 bits per heavy atom. The maximum absolute atomic E-state index is 12.9. The van der Waals surface area contributed by atoms with Gasteiger partial charge < -0.3 is 10.5 Å². The third-order valence-electron chi connectivity index (χ3n) is 4.09. The molecule has 1 aromatic rings. The van der Waals surface area contributed by atoms with Gasteiger partial charge in [0.15, 0.2) is 0 Å². The molecule has 0 aromatic heterocycles. The third kappa shape index (κ3) is 3.04. The van der Waals surface area contributed by atoms with Crippen LogP contribution in [0, 0.1) is 11.8 Å². The lowest BCUT2D eigenvalue weighted by atomic mass is 10.0. The van der Waals surface area contributed by atoms with Crippen LogP contribution in [0.2, 0.25) is 5.02 Å². The van der Waals surface area contributed by atoms with Crippen LogP contribution in [0.1, 0.15) is 19.4 Å². The average molecular weight is 333 g/mol. The van der Waals surface area contributed by atoms with Crippen molar-refractivity contribution in [2.45, 2.75) is 25.3 Å². The molecule has 1 aliphatic rings. The quantitative estimate of drug-likeness (QED) is 0.916. The van der Waals surface area contributed by atoms with Crippen LogP contribution in [-0.2, 0) is 16.6 Å². The normalized spacial score (nSPS) is 23.5. The van der Waals surface area contributed by atoms with Crippen molar-refractivity contribution in [3.05, 3.63) is 22.7 Å². The van der Waals surface area contributed by atoms with Crippen molar-refractivity contribution in [2.24, 2.45) is 17.6 Å². The summed E-state index contributed by atoms with van der Waals surface area (Å²) < 4.78 is 32.5. The molecule has 2 N–H and O–H groups in total. The molecule has 0 amide bonds. The predicted octanol–water partition coefficient (Wildman–Crippen LogP) is 2.08. The van der Waals surface area contributed by atoms with Crippen molar-refractivity contribution in [1.29, 1.82) is 0 Å². The molecule has 21 heavy (non-hydrogen) atoms. The van der Waals surface area contributed by atoms with E-state index >= 15 is 0 Å². The van der Waals surface area contributed by atoms with E-state index in [1.54, 1.807) is 6.07 Å². The number of hydrogen-bond donors (Lipinski definition) is 1. The molecule has 2 unspecified atom stereocenters. The van der Waals surface area contributed by atoms with Crippen molar-refractivity contribution < 1.29 is 13.2 Å². The van der Waals surface area contributed by atoms with Crippen LogP contribution in [0.4, 0.5) is 0 Å². The summed E-state index contributed by atoms with van der Waals surface area (Å²) in [6, 6.07) is 3.07. The van der Waals surface area contributed by atoms with Gasteiger partial charge in [0, 0.05) is 30.2 Å². The van der Waals surface area contributed by atoms with Crippen LogP contribution in [0.5, 0.6) is 5.75 Å². The second-order valence-electron chi connectivity index (χ2n) is 5.58. The standard InChI is InChI=1S/C14H21ClN2O3S/c1-9-7-17(8-10(9)2)21(18,19)13-5-12(15)4-11(6-16)14(13)20-3/h4-5,9-10H,6-8,16H2,1-3H3. The van der Waals surface area contributed by atoms with E-state index in [-0.39, 0.29) is 17.2 Å². The van der Waals surface area contributed by atoms with Gasteiger partial charge in [0.05, 0.1) is 7.11 Å². The molecular weight excluding hydrogens is 312 g/mol. The van der Waals surface area contributed by atoms with E-state index < -0.39 is 10.0 Å². The van der Waals surface area contributed by atoms with E-state index in [0.29, 0.717) is 35.5 Å². The lowest BCUT2D eigenvalue weighted by Gasteiger charge is -2.20. The van der Waals surface area contributed by atoms with E-state index in [4.69, 9.17) is 22.1 Å². The largest absolute Gasteiger partial charge is 0.495 e. The first-order valence-corrected chi connectivity index (χ1v) is 8.69. The van der Waals surface area contributed by atoms with Gasteiger partial charge in [0.25, 0.3) is 0 Å². The van der Waals surface area contributed by atoms with Crippen LogP contribution in [0.15, 0.2) is 17.0 Å². The Labute approximate surface area is 131 Å². The number of sulfonamides is 1. The van der Waals surface area contributed by atoms with Crippen molar-refractivity contribution in [1.82, 2.24) is 4.31 Å². The first-order valence-electron chi connectivity index (χ1n) is 6.87. The fourth-order valence-electron chi connectivity index (χ4n) is 2.61. The van der Waals surface area contributed by atoms with Crippen LogP contribution in [0.25, 0.3) is 0 Å². The van der Waals surface area contributed by atoms with Crippen molar-refractivity contribution in [3.8, 4) is 5.75 Å². The molecule has 0 saturated carbocycles. The van der Waals surface area contributed by atoms with Gasteiger partial charge in [-0.15, -0.1) is 0 Å². The predicted molar refractivity (Wildman–Crippen MR) is 83.0 cm³/mol. The monoisotopic (exact) mass is 332 g/mol. The average Bonchev–Trinajstić information content (AvgIpc) is 2.78. The summed E-state index contributed by atoms with van der Waals surface area (Å²) in [5, 5.41) is 0.343. The van der Waals surface area contributed by atoms with E-state index in [1.807, 2.05) is 0 Å². The molecule has 2 atom stereocenters. The van der Waals surface area contributed by atoms with E-state index in [2.05, 4.69) is 13.8 Å². The minimum Gasteiger partial charge on any atom is -0.495 e. The van der Waals surface area contributed by atoms with Gasteiger partial charge in [-0.25, -0.2) is 8.42 Å². The van der Waals surface area contributed by atoms with Crippen molar-refractivity contribution >= 4 is 21.6 Å². The van der Waals surface area contributed by atoms with E-state index in [9.17, 15) is 8.42 Å². The topological polar surface area (TPSA) is 72.6 Å². The van der Waals surface area contributed by atoms with Gasteiger partial charge >= 0.3 is 0 Å². The summed E-state index contributed by atoms with van der Waals surface area (Å²) in [5.74, 6) is 0.951. The molecule has 1 aliphatic heterocycles. The van der Waals surface area contributed by atoms with Gasteiger partial charge in [0.1, 0.15) is 10.6 Å². The maximum Gasteiger partial charge on any atom is 0.246 e. The molecule has 0 radical (unpaired) electrons. The first kappa shape index (κ1) is 16.5. The molecule has 1 heterocycles. The maximum atomic E-state index is 12.9. The Hall–Kier alpha value is -0.820. The third-order valence-corrected chi connectivity index (χ3v) is 6.15. The molecule has 1 aromatic carbocycles. The number of rotatable bonds is 4. The number of halogens is 1. The molecule has 0 bridgehead atoms. The van der Waals surface area contributed by atoms with E-state index in [1.165, 1.54) is 17.5 Å².